The summed E-state index contributed by atoms with van der Waals surface area (Å²) in [6.45, 7) is 7.15. The van der Waals surface area contributed by atoms with Gasteiger partial charge in [-0.25, -0.2) is 9.59 Å². The van der Waals surface area contributed by atoms with Gasteiger partial charge in [-0.2, -0.15) is 0 Å². The standard InChI is InChI=1S/C19H27N3O5/c1-19(2,3)27-18(26)22-8-4-5-12(11-22)10-21-15-9-13(17(24)25)6-7-14(15)16(20)23/h6-7,9,12,21H,4-5,8,10-11H2,1-3H3,(H2,20,23)(H,24,25). The van der Waals surface area contributed by atoms with E-state index in [0.717, 1.165) is 12.8 Å². The molecule has 0 bridgehead atoms. The molecule has 148 valence electrons. The van der Waals surface area contributed by atoms with Crippen molar-refractivity contribution >= 4 is 23.7 Å². The molecule has 1 fully saturated rings. The second-order valence-electron chi connectivity index (χ2n) is 7.75. The van der Waals surface area contributed by atoms with Crippen LogP contribution in [0.15, 0.2) is 18.2 Å². The number of likely N-dealkylation sites (tertiary alicyclic amines) is 1. The second-order valence-corrected chi connectivity index (χ2v) is 7.75. The van der Waals surface area contributed by atoms with Crippen LogP contribution in [0.5, 0.6) is 0 Å². The highest BCUT2D eigenvalue weighted by Crippen LogP contribution is 2.22. The highest BCUT2D eigenvalue weighted by atomic mass is 16.6. The molecular weight excluding hydrogens is 350 g/mol. The predicted molar refractivity (Wildman–Crippen MR) is 101 cm³/mol. The van der Waals surface area contributed by atoms with Gasteiger partial charge in [0.15, 0.2) is 0 Å². The SMILES string of the molecule is CC(C)(C)OC(=O)N1CCCC(CNc2cc(C(=O)O)ccc2C(N)=O)C1. The number of primary amides is 1. The zero-order chi connectivity index (χ0) is 20.2. The van der Waals surface area contributed by atoms with E-state index >= 15 is 0 Å². The number of carboxylic acid groups (broad SMARTS) is 1. The number of aromatic carboxylic acids is 1. The molecular formula is C19H27N3O5. The summed E-state index contributed by atoms with van der Waals surface area (Å²) < 4.78 is 5.42. The normalized spacial score (nSPS) is 17.3. The first-order valence-corrected chi connectivity index (χ1v) is 8.96. The van der Waals surface area contributed by atoms with E-state index in [1.807, 2.05) is 20.8 Å². The molecule has 0 saturated carbocycles. The topological polar surface area (TPSA) is 122 Å². The van der Waals surface area contributed by atoms with Crippen molar-refractivity contribution in [3.05, 3.63) is 29.3 Å². The van der Waals surface area contributed by atoms with Crippen molar-refractivity contribution in [3.63, 3.8) is 0 Å². The second kappa shape index (κ2) is 8.28. The summed E-state index contributed by atoms with van der Waals surface area (Å²) in [6, 6.07) is 4.15. The lowest BCUT2D eigenvalue weighted by molar-refractivity contribution is 0.0172. The molecule has 2 rings (SSSR count). The van der Waals surface area contributed by atoms with Gasteiger partial charge in [-0.15, -0.1) is 0 Å². The zero-order valence-corrected chi connectivity index (χ0v) is 15.9. The Labute approximate surface area is 158 Å². The first-order valence-electron chi connectivity index (χ1n) is 8.96. The summed E-state index contributed by atoms with van der Waals surface area (Å²) in [5, 5.41) is 12.3. The maximum atomic E-state index is 12.3. The van der Waals surface area contributed by atoms with Gasteiger partial charge in [0.25, 0.3) is 5.91 Å². The molecule has 27 heavy (non-hydrogen) atoms. The predicted octanol–water partition coefficient (Wildman–Crippen LogP) is 2.54. The van der Waals surface area contributed by atoms with E-state index < -0.39 is 17.5 Å². The Morgan fingerprint density at radius 1 is 1.33 bits per heavy atom. The highest BCUT2D eigenvalue weighted by molar-refractivity contribution is 6.00. The number of anilines is 1. The molecule has 1 atom stereocenters. The molecule has 4 N–H and O–H groups in total. The van der Waals surface area contributed by atoms with E-state index in [0.29, 0.717) is 25.3 Å². The number of hydrogen-bond acceptors (Lipinski definition) is 5. The van der Waals surface area contributed by atoms with Crippen LogP contribution in [0.2, 0.25) is 0 Å². The van der Waals surface area contributed by atoms with E-state index in [1.54, 1.807) is 4.90 Å². The minimum absolute atomic E-state index is 0.0709. The van der Waals surface area contributed by atoms with E-state index in [9.17, 15) is 14.4 Å². The van der Waals surface area contributed by atoms with Gasteiger partial charge in [0, 0.05) is 25.3 Å². The van der Waals surface area contributed by atoms with Crippen LogP contribution in [0, 0.1) is 5.92 Å². The highest BCUT2D eigenvalue weighted by Gasteiger charge is 2.27. The van der Waals surface area contributed by atoms with Gasteiger partial charge in [0.1, 0.15) is 5.60 Å². The number of benzene rings is 1. The molecule has 0 spiro atoms. The third-order valence-corrected chi connectivity index (χ3v) is 4.28. The molecule has 1 heterocycles. The molecule has 2 amide bonds. The summed E-state index contributed by atoms with van der Waals surface area (Å²) in [5.41, 5.74) is 5.52. The number of nitrogens with zero attached hydrogens (tertiary/aromatic N) is 1. The fourth-order valence-corrected chi connectivity index (χ4v) is 3.02. The van der Waals surface area contributed by atoms with Crippen LogP contribution in [0.3, 0.4) is 0 Å². The van der Waals surface area contributed by atoms with Crippen LogP contribution in [-0.4, -0.2) is 53.2 Å². The number of amides is 2. The number of carboxylic acids is 1. The van der Waals surface area contributed by atoms with Gasteiger partial charge >= 0.3 is 12.1 Å². The van der Waals surface area contributed by atoms with E-state index in [1.165, 1.54) is 18.2 Å². The van der Waals surface area contributed by atoms with Crippen LogP contribution >= 0.6 is 0 Å². The number of carbonyl (C=O) groups excluding carboxylic acids is 2. The minimum atomic E-state index is -1.08. The third kappa shape index (κ3) is 5.87. The molecule has 1 saturated heterocycles. The van der Waals surface area contributed by atoms with Crippen molar-refractivity contribution in [2.75, 3.05) is 25.0 Å². The number of nitrogens with one attached hydrogen (secondary N) is 1. The molecule has 0 aromatic heterocycles. The fraction of sp³-hybridized carbons (Fsp3) is 0.526. The van der Waals surface area contributed by atoms with Gasteiger partial charge in [0.2, 0.25) is 0 Å². The maximum Gasteiger partial charge on any atom is 0.410 e. The summed E-state index contributed by atoms with van der Waals surface area (Å²) >= 11 is 0. The molecule has 1 aromatic rings. The Bertz CT molecular complexity index is 727. The van der Waals surface area contributed by atoms with Crippen LogP contribution in [0.25, 0.3) is 0 Å². The average Bonchev–Trinajstić information content (AvgIpc) is 2.58. The molecule has 0 radical (unpaired) electrons. The number of hydrogen-bond donors (Lipinski definition) is 3. The lowest BCUT2D eigenvalue weighted by Crippen LogP contribution is -2.44. The van der Waals surface area contributed by atoms with Crippen molar-refractivity contribution in [2.24, 2.45) is 11.7 Å². The van der Waals surface area contributed by atoms with Crippen LogP contribution in [0.1, 0.15) is 54.3 Å². The molecule has 8 nitrogen and oxygen atoms in total. The number of nitrogens with two attached hydrogens (primary N) is 1. The number of piperidine rings is 1. The lowest BCUT2D eigenvalue weighted by atomic mass is 9.98. The maximum absolute atomic E-state index is 12.3. The minimum Gasteiger partial charge on any atom is -0.478 e. The summed E-state index contributed by atoms with van der Waals surface area (Å²) in [6.07, 6.45) is 1.43. The Morgan fingerprint density at radius 3 is 2.63 bits per heavy atom. The van der Waals surface area contributed by atoms with Crippen LogP contribution in [0.4, 0.5) is 10.5 Å². The van der Waals surface area contributed by atoms with Crippen molar-refractivity contribution < 1.29 is 24.2 Å². The zero-order valence-electron chi connectivity index (χ0n) is 15.9. The molecule has 1 aliphatic rings. The molecule has 1 aliphatic heterocycles. The first-order chi connectivity index (χ1) is 12.6. The van der Waals surface area contributed by atoms with E-state index in [-0.39, 0.29) is 23.1 Å². The molecule has 0 aliphatic carbocycles. The monoisotopic (exact) mass is 377 g/mol. The summed E-state index contributed by atoms with van der Waals surface area (Å²) in [5.74, 6) is -1.56. The van der Waals surface area contributed by atoms with Crippen LogP contribution in [-0.2, 0) is 4.74 Å². The van der Waals surface area contributed by atoms with Gasteiger partial charge in [0.05, 0.1) is 11.1 Å². The Balaban J connectivity index is 2.03. The summed E-state index contributed by atoms with van der Waals surface area (Å²) in [7, 11) is 0. The average molecular weight is 377 g/mol. The van der Waals surface area contributed by atoms with Crippen molar-refractivity contribution in [2.45, 2.75) is 39.2 Å². The van der Waals surface area contributed by atoms with Crippen LogP contribution < -0.4 is 11.1 Å². The van der Waals surface area contributed by atoms with Crippen molar-refractivity contribution in [1.82, 2.24) is 4.90 Å². The first kappa shape index (κ1) is 20.5. The number of carbonyl (C=O) groups is 3. The molecule has 8 heteroatoms. The third-order valence-electron chi connectivity index (χ3n) is 4.28. The van der Waals surface area contributed by atoms with Gasteiger partial charge < -0.3 is 25.8 Å². The van der Waals surface area contributed by atoms with E-state index in [2.05, 4.69) is 5.32 Å². The lowest BCUT2D eigenvalue weighted by Gasteiger charge is -2.34. The Hall–Kier alpha value is -2.77. The molecule has 1 unspecified atom stereocenters. The van der Waals surface area contributed by atoms with Crippen molar-refractivity contribution in [3.8, 4) is 0 Å². The van der Waals surface area contributed by atoms with Gasteiger partial charge in [-0.1, -0.05) is 0 Å². The smallest absolute Gasteiger partial charge is 0.410 e. The Kier molecular flexibility index (Phi) is 6.30. The molecule has 1 aromatic carbocycles. The summed E-state index contributed by atoms with van der Waals surface area (Å²) in [4.78, 5) is 36.7. The largest absolute Gasteiger partial charge is 0.478 e. The number of rotatable bonds is 5. The van der Waals surface area contributed by atoms with Gasteiger partial charge in [-0.3, -0.25) is 4.79 Å². The van der Waals surface area contributed by atoms with E-state index in [4.69, 9.17) is 15.6 Å². The van der Waals surface area contributed by atoms with Gasteiger partial charge in [-0.05, 0) is 57.7 Å². The fourth-order valence-electron chi connectivity index (χ4n) is 3.02. The quantitative estimate of drug-likeness (QED) is 0.725. The number of ether oxygens (including phenoxy) is 1. The Morgan fingerprint density at radius 2 is 2.04 bits per heavy atom. The van der Waals surface area contributed by atoms with Crippen molar-refractivity contribution in [1.29, 1.82) is 0 Å².